The van der Waals surface area contributed by atoms with Crippen LogP contribution in [0.3, 0.4) is 0 Å². The van der Waals surface area contributed by atoms with Gasteiger partial charge in [-0.3, -0.25) is 0 Å². The first kappa shape index (κ1) is 12.8. The molecule has 2 fully saturated rings. The number of rotatable bonds is 0. The Morgan fingerprint density at radius 1 is 1.00 bits per heavy atom. The van der Waals surface area contributed by atoms with Gasteiger partial charge in [0.1, 0.15) is 0 Å². The van der Waals surface area contributed by atoms with Crippen LogP contribution in [0.1, 0.15) is 55.6 Å². The number of ether oxygens (including phenoxy) is 2. The minimum absolute atomic E-state index is 0.164. The molecule has 0 radical (unpaired) electrons. The van der Waals surface area contributed by atoms with Gasteiger partial charge in [0.05, 0.1) is 13.2 Å². The highest BCUT2D eigenvalue weighted by atomic mass is 16.7. The van der Waals surface area contributed by atoms with Gasteiger partial charge >= 0.3 is 0 Å². The molecular weight excluding hydrogens is 252 g/mol. The van der Waals surface area contributed by atoms with Gasteiger partial charge < -0.3 is 14.6 Å². The number of fused-ring (bicyclic) bond motifs is 5. The number of aliphatic hydroxyl groups is 1. The first-order chi connectivity index (χ1) is 9.78. The van der Waals surface area contributed by atoms with Gasteiger partial charge in [0.25, 0.3) is 0 Å². The van der Waals surface area contributed by atoms with E-state index < -0.39 is 11.4 Å². The van der Waals surface area contributed by atoms with Crippen molar-refractivity contribution in [3.8, 4) is 0 Å². The lowest BCUT2D eigenvalue weighted by molar-refractivity contribution is -0.365. The third-order valence-electron chi connectivity index (χ3n) is 5.29. The average Bonchev–Trinajstić information content (AvgIpc) is 2.49. The third kappa shape index (κ3) is 1.51. The van der Waals surface area contributed by atoms with Crippen molar-refractivity contribution in [2.45, 2.75) is 55.8 Å². The van der Waals surface area contributed by atoms with Gasteiger partial charge in [-0.25, -0.2) is 0 Å². The maximum absolute atomic E-state index is 11.5. The lowest BCUT2D eigenvalue weighted by Gasteiger charge is -2.59. The van der Waals surface area contributed by atoms with Crippen LogP contribution in [0.25, 0.3) is 0 Å². The second-order valence-electron chi connectivity index (χ2n) is 6.31. The van der Waals surface area contributed by atoms with Gasteiger partial charge in [0, 0.05) is 12.3 Å². The summed E-state index contributed by atoms with van der Waals surface area (Å²) in [5.41, 5.74) is 1.35. The van der Waals surface area contributed by atoms with Crippen LogP contribution in [0.5, 0.6) is 0 Å². The molecule has 1 spiro atoms. The summed E-state index contributed by atoms with van der Waals surface area (Å²) >= 11 is 0. The summed E-state index contributed by atoms with van der Waals surface area (Å²) < 4.78 is 12.1. The van der Waals surface area contributed by atoms with Gasteiger partial charge in [-0.05, 0) is 30.4 Å². The average molecular weight is 274 g/mol. The standard InChI is InChI=1S/C17H22O3/c18-17-14(13-7-3-4-9-15(13)17)8-2-1-5-10-16(17)19-11-6-12-20-16/h3-4,7,9,14,18H,1-2,5-6,8,10-12H2/t14-,17-/m1/s1. The maximum atomic E-state index is 11.5. The Kier molecular flexibility index (Phi) is 2.92. The van der Waals surface area contributed by atoms with Crippen LogP contribution < -0.4 is 0 Å². The highest BCUT2D eigenvalue weighted by Gasteiger charge is 2.65. The smallest absolute Gasteiger partial charge is 0.202 e. The Bertz CT molecular complexity index is 507. The molecule has 0 amide bonds. The molecule has 4 rings (SSSR count). The van der Waals surface area contributed by atoms with Crippen molar-refractivity contribution >= 4 is 0 Å². The van der Waals surface area contributed by atoms with E-state index in [9.17, 15) is 5.11 Å². The second kappa shape index (κ2) is 4.55. The molecule has 1 heterocycles. The Morgan fingerprint density at radius 2 is 1.80 bits per heavy atom. The van der Waals surface area contributed by atoms with E-state index in [2.05, 4.69) is 12.1 Å². The lowest BCUT2D eigenvalue weighted by Crippen LogP contribution is -2.65. The summed E-state index contributed by atoms with van der Waals surface area (Å²) in [6.07, 6.45) is 6.19. The maximum Gasteiger partial charge on any atom is 0.202 e. The Morgan fingerprint density at radius 3 is 2.65 bits per heavy atom. The fourth-order valence-electron chi connectivity index (χ4n) is 4.33. The molecule has 1 saturated carbocycles. The Labute approximate surface area is 119 Å². The van der Waals surface area contributed by atoms with Crippen LogP contribution in [0.15, 0.2) is 24.3 Å². The molecule has 2 atom stereocenters. The van der Waals surface area contributed by atoms with Crippen LogP contribution in [0.2, 0.25) is 0 Å². The predicted molar refractivity (Wildman–Crippen MR) is 75.4 cm³/mol. The third-order valence-corrected chi connectivity index (χ3v) is 5.29. The van der Waals surface area contributed by atoms with Gasteiger partial charge in [0.2, 0.25) is 5.79 Å². The molecule has 1 saturated heterocycles. The molecule has 1 aliphatic heterocycles. The van der Waals surface area contributed by atoms with Gasteiger partial charge in [-0.1, -0.05) is 37.1 Å². The fourth-order valence-corrected chi connectivity index (χ4v) is 4.33. The molecule has 0 aromatic heterocycles. The first-order valence-electron chi connectivity index (χ1n) is 7.88. The highest BCUT2D eigenvalue weighted by Crippen LogP contribution is 2.61. The van der Waals surface area contributed by atoms with Crippen LogP contribution >= 0.6 is 0 Å². The van der Waals surface area contributed by atoms with Crippen molar-refractivity contribution in [2.24, 2.45) is 0 Å². The normalized spacial score (nSPS) is 35.4. The summed E-state index contributed by atoms with van der Waals surface area (Å²) in [4.78, 5) is 0. The summed E-state index contributed by atoms with van der Waals surface area (Å²) in [6.45, 7) is 1.38. The molecular formula is C17H22O3. The zero-order valence-corrected chi connectivity index (χ0v) is 11.8. The molecule has 3 aliphatic rings. The molecule has 1 aromatic rings. The molecule has 0 bridgehead atoms. The molecule has 20 heavy (non-hydrogen) atoms. The number of hydrogen-bond donors (Lipinski definition) is 1. The lowest BCUT2D eigenvalue weighted by atomic mass is 9.57. The Balaban J connectivity index is 1.82. The van der Waals surface area contributed by atoms with Crippen molar-refractivity contribution in [2.75, 3.05) is 13.2 Å². The molecule has 3 heteroatoms. The zero-order chi connectivity index (χ0) is 13.6. The minimum atomic E-state index is -0.954. The van der Waals surface area contributed by atoms with Gasteiger partial charge in [0.15, 0.2) is 5.60 Å². The summed E-state index contributed by atoms with van der Waals surface area (Å²) in [7, 11) is 0. The van der Waals surface area contributed by atoms with E-state index in [0.29, 0.717) is 13.2 Å². The van der Waals surface area contributed by atoms with Crippen molar-refractivity contribution in [1.29, 1.82) is 0 Å². The summed E-state index contributed by atoms with van der Waals surface area (Å²) in [6, 6.07) is 8.25. The van der Waals surface area contributed by atoms with Crippen LogP contribution in [0, 0.1) is 0 Å². The number of benzene rings is 1. The molecule has 3 nitrogen and oxygen atoms in total. The van der Waals surface area contributed by atoms with Crippen molar-refractivity contribution in [1.82, 2.24) is 0 Å². The van der Waals surface area contributed by atoms with E-state index in [1.165, 1.54) is 18.4 Å². The van der Waals surface area contributed by atoms with Crippen LogP contribution in [-0.4, -0.2) is 24.1 Å². The Hall–Kier alpha value is -0.900. The number of hydrogen-bond acceptors (Lipinski definition) is 3. The predicted octanol–water partition coefficient (Wildman–Crippen LogP) is 3.07. The van der Waals surface area contributed by atoms with Gasteiger partial charge in [-0.2, -0.15) is 0 Å². The van der Waals surface area contributed by atoms with E-state index in [1.807, 2.05) is 12.1 Å². The minimum Gasteiger partial charge on any atom is -0.379 e. The second-order valence-corrected chi connectivity index (χ2v) is 6.31. The molecule has 1 aromatic carbocycles. The van der Waals surface area contributed by atoms with E-state index in [0.717, 1.165) is 31.2 Å². The fraction of sp³-hybridized carbons (Fsp3) is 0.647. The zero-order valence-electron chi connectivity index (χ0n) is 11.8. The van der Waals surface area contributed by atoms with Crippen molar-refractivity contribution < 1.29 is 14.6 Å². The van der Waals surface area contributed by atoms with Gasteiger partial charge in [-0.15, -0.1) is 0 Å². The molecule has 1 N–H and O–H groups in total. The van der Waals surface area contributed by atoms with Crippen LogP contribution in [0.4, 0.5) is 0 Å². The molecule has 108 valence electrons. The first-order valence-corrected chi connectivity index (χ1v) is 7.88. The van der Waals surface area contributed by atoms with E-state index in [-0.39, 0.29) is 5.92 Å². The van der Waals surface area contributed by atoms with E-state index >= 15 is 0 Å². The van der Waals surface area contributed by atoms with Crippen molar-refractivity contribution in [3.05, 3.63) is 35.4 Å². The topological polar surface area (TPSA) is 38.7 Å². The highest BCUT2D eigenvalue weighted by molar-refractivity contribution is 5.50. The van der Waals surface area contributed by atoms with E-state index in [1.54, 1.807) is 0 Å². The quantitative estimate of drug-likeness (QED) is 0.790. The van der Waals surface area contributed by atoms with Crippen LogP contribution in [-0.2, 0) is 15.1 Å². The molecule has 0 unspecified atom stereocenters. The summed E-state index contributed by atoms with van der Waals surface area (Å²) in [5, 5.41) is 11.5. The van der Waals surface area contributed by atoms with E-state index in [4.69, 9.17) is 9.47 Å². The molecule has 2 aliphatic carbocycles. The SMILES string of the molecule is O[C@@]12c3ccccc3[C@H]1CCCCCC21OCCCO1. The van der Waals surface area contributed by atoms with Crippen molar-refractivity contribution in [3.63, 3.8) is 0 Å². The monoisotopic (exact) mass is 274 g/mol. The summed E-state index contributed by atoms with van der Waals surface area (Å²) in [5.74, 6) is -0.651. The largest absolute Gasteiger partial charge is 0.379 e.